The molecule has 0 saturated carbocycles. The van der Waals surface area contributed by atoms with Crippen LogP contribution in [0.15, 0.2) is 103 Å². The van der Waals surface area contributed by atoms with Crippen LogP contribution < -0.4 is 19.4 Å². The highest BCUT2D eigenvalue weighted by atomic mass is 16.5. The van der Waals surface area contributed by atoms with E-state index < -0.39 is 17.7 Å². The van der Waals surface area contributed by atoms with Gasteiger partial charge in [-0.3, -0.25) is 14.5 Å². The molecule has 1 unspecified atom stereocenters. The molecule has 4 aromatic rings. The molecule has 5 rings (SSSR count). The third-order valence-corrected chi connectivity index (χ3v) is 8.11. The number of hydrogen-bond acceptors (Lipinski definition) is 6. The lowest BCUT2D eigenvalue weighted by atomic mass is 9.94. The highest BCUT2D eigenvalue weighted by Crippen LogP contribution is 2.43. The lowest BCUT2D eigenvalue weighted by Gasteiger charge is -2.27. The first-order chi connectivity index (χ1) is 21.2. The van der Waals surface area contributed by atoms with Crippen LogP contribution >= 0.6 is 0 Å². The second-order valence-corrected chi connectivity index (χ2v) is 11.1. The first kappa shape index (κ1) is 30.4. The Kier molecular flexibility index (Phi) is 9.04. The van der Waals surface area contributed by atoms with Gasteiger partial charge in [0.1, 0.15) is 18.1 Å². The molecule has 4 aromatic carbocycles. The number of rotatable bonds is 10. The Morgan fingerprint density at radius 1 is 0.841 bits per heavy atom. The second-order valence-electron chi connectivity index (χ2n) is 11.1. The summed E-state index contributed by atoms with van der Waals surface area (Å²) in [5.41, 5.74) is 5.68. The van der Waals surface area contributed by atoms with Crippen LogP contribution in [-0.4, -0.2) is 44.0 Å². The van der Waals surface area contributed by atoms with Crippen molar-refractivity contribution in [1.29, 1.82) is 0 Å². The van der Waals surface area contributed by atoms with Gasteiger partial charge >= 0.3 is 0 Å². The summed E-state index contributed by atoms with van der Waals surface area (Å²) in [5.74, 6) is -0.942. The first-order valence-corrected chi connectivity index (χ1v) is 14.9. The van der Waals surface area contributed by atoms with Gasteiger partial charge in [-0.2, -0.15) is 0 Å². The average molecular weight is 590 g/mol. The zero-order valence-corrected chi connectivity index (χ0v) is 25.9. The van der Waals surface area contributed by atoms with Gasteiger partial charge in [0.25, 0.3) is 11.7 Å². The van der Waals surface area contributed by atoms with E-state index in [-0.39, 0.29) is 11.3 Å². The molecule has 1 amide bonds. The predicted molar refractivity (Wildman–Crippen MR) is 178 cm³/mol. The topological polar surface area (TPSA) is 73.3 Å². The van der Waals surface area contributed by atoms with Gasteiger partial charge in [-0.1, -0.05) is 42.5 Å². The maximum atomic E-state index is 13.7. The predicted octanol–water partition coefficient (Wildman–Crippen LogP) is 7.11. The average Bonchev–Trinajstić information content (AvgIpc) is 3.31. The number of ether oxygens (including phenoxy) is 1. The first-order valence-electron chi connectivity index (χ1n) is 14.9. The molecule has 0 aliphatic carbocycles. The molecule has 44 heavy (non-hydrogen) atoms. The fraction of sp³-hybridized carbons (Fsp3) is 0.243. The Hall–Kier alpha value is -5.04. The number of carbonyl (C=O) groups excluding carboxylic acids is 2. The van der Waals surface area contributed by atoms with E-state index in [0.29, 0.717) is 23.6 Å². The number of nitrogens with zero attached hydrogens (tertiary/aromatic N) is 3. The molecular formula is C37H39N3O4. The van der Waals surface area contributed by atoms with Gasteiger partial charge in [0.15, 0.2) is 0 Å². The van der Waals surface area contributed by atoms with Gasteiger partial charge in [-0.15, -0.1) is 0 Å². The van der Waals surface area contributed by atoms with E-state index in [1.54, 1.807) is 18.2 Å². The third-order valence-electron chi connectivity index (χ3n) is 8.11. The fourth-order valence-corrected chi connectivity index (χ4v) is 5.63. The van der Waals surface area contributed by atoms with Crippen LogP contribution in [0.2, 0.25) is 0 Å². The number of hydrogen-bond donors (Lipinski definition) is 1. The molecular weight excluding hydrogens is 550 g/mol. The largest absolute Gasteiger partial charge is 0.507 e. The summed E-state index contributed by atoms with van der Waals surface area (Å²) in [5, 5.41) is 11.7. The Balaban J connectivity index is 1.55. The van der Waals surface area contributed by atoms with Gasteiger partial charge in [0.05, 0.1) is 11.6 Å². The Morgan fingerprint density at radius 2 is 1.48 bits per heavy atom. The highest BCUT2D eigenvalue weighted by Gasteiger charge is 2.47. The monoisotopic (exact) mass is 589 g/mol. The molecule has 1 aliphatic rings. The molecule has 0 radical (unpaired) electrons. The van der Waals surface area contributed by atoms with E-state index in [9.17, 15) is 14.7 Å². The molecule has 226 valence electrons. The number of Topliss-reactive ketones (excluding diaryl/α,β-unsaturated/α-hetero) is 1. The van der Waals surface area contributed by atoms with Crippen molar-refractivity contribution in [2.45, 2.75) is 33.4 Å². The number of carbonyl (C=O) groups is 2. The number of aliphatic hydroxyl groups is 1. The van der Waals surface area contributed by atoms with Gasteiger partial charge in [-0.05, 0) is 92.1 Å². The summed E-state index contributed by atoms with van der Waals surface area (Å²) in [7, 11) is 3.90. The maximum Gasteiger partial charge on any atom is 0.300 e. The van der Waals surface area contributed by atoms with E-state index in [0.717, 1.165) is 41.2 Å². The molecule has 7 heteroatoms. The number of anilines is 3. The molecule has 1 fully saturated rings. The van der Waals surface area contributed by atoms with Crippen molar-refractivity contribution in [2.75, 3.05) is 41.9 Å². The van der Waals surface area contributed by atoms with E-state index in [1.807, 2.05) is 105 Å². The van der Waals surface area contributed by atoms with Crippen LogP contribution in [0.4, 0.5) is 17.1 Å². The van der Waals surface area contributed by atoms with Crippen molar-refractivity contribution in [2.24, 2.45) is 0 Å². The van der Waals surface area contributed by atoms with Gasteiger partial charge < -0.3 is 19.6 Å². The molecule has 1 aliphatic heterocycles. The summed E-state index contributed by atoms with van der Waals surface area (Å²) in [4.78, 5) is 33.1. The quantitative estimate of drug-likeness (QED) is 0.121. The van der Waals surface area contributed by atoms with Crippen LogP contribution in [0.3, 0.4) is 0 Å². The maximum absolute atomic E-state index is 13.7. The molecule has 0 aromatic heterocycles. The Morgan fingerprint density at radius 3 is 2.07 bits per heavy atom. The zero-order chi connectivity index (χ0) is 31.4. The van der Waals surface area contributed by atoms with Crippen LogP contribution in [0.5, 0.6) is 5.75 Å². The van der Waals surface area contributed by atoms with Crippen LogP contribution in [0.1, 0.15) is 42.1 Å². The van der Waals surface area contributed by atoms with Crippen LogP contribution in [-0.2, 0) is 16.2 Å². The number of amides is 1. The normalized spacial score (nSPS) is 15.8. The van der Waals surface area contributed by atoms with Gasteiger partial charge in [-0.25, -0.2) is 0 Å². The summed E-state index contributed by atoms with van der Waals surface area (Å²) in [6, 6.07) is 29.7. The van der Waals surface area contributed by atoms with Crippen LogP contribution in [0.25, 0.3) is 5.76 Å². The van der Waals surface area contributed by atoms with Gasteiger partial charge in [0.2, 0.25) is 0 Å². The lowest BCUT2D eigenvalue weighted by molar-refractivity contribution is -0.132. The van der Waals surface area contributed by atoms with E-state index in [2.05, 4.69) is 18.7 Å². The van der Waals surface area contributed by atoms with Crippen molar-refractivity contribution in [3.63, 3.8) is 0 Å². The highest BCUT2D eigenvalue weighted by molar-refractivity contribution is 6.51. The minimum atomic E-state index is -0.806. The van der Waals surface area contributed by atoms with E-state index in [4.69, 9.17) is 4.74 Å². The minimum Gasteiger partial charge on any atom is -0.507 e. The van der Waals surface area contributed by atoms with E-state index >= 15 is 0 Å². The summed E-state index contributed by atoms with van der Waals surface area (Å²) in [6.07, 6.45) is 0. The third kappa shape index (κ3) is 6.04. The van der Waals surface area contributed by atoms with Crippen molar-refractivity contribution in [3.8, 4) is 5.75 Å². The Labute approximate surface area is 259 Å². The molecule has 1 heterocycles. The SMILES string of the molecule is CCN(CC)c1ccc(N2C(=O)C(=O)/C(=C(\O)c3ccc(OCc4ccccc4)c(C)c3)C2c2ccc(N(C)C)cc2)cc1. The minimum absolute atomic E-state index is 0.0535. The molecule has 0 bridgehead atoms. The van der Waals surface area contributed by atoms with Crippen molar-refractivity contribution in [3.05, 3.63) is 125 Å². The summed E-state index contributed by atoms with van der Waals surface area (Å²) in [6.45, 7) is 8.20. The van der Waals surface area contributed by atoms with Crippen molar-refractivity contribution >= 4 is 34.5 Å². The fourth-order valence-electron chi connectivity index (χ4n) is 5.63. The Bertz CT molecular complexity index is 1660. The number of ketones is 1. The summed E-state index contributed by atoms with van der Waals surface area (Å²) < 4.78 is 6.03. The van der Waals surface area contributed by atoms with E-state index in [1.165, 1.54) is 4.90 Å². The van der Waals surface area contributed by atoms with Crippen molar-refractivity contribution < 1.29 is 19.4 Å². The molecule has 1 N–H and O–H groups in total. The van der Waals surface area contributed by atoms with Crippen LogP contribution in [0, 0.1) is 6.92 Å². The summed E-state index contributed by atoms with van der Waals surface area (Å²) >= 11 is 0. The molecule has 0 spiro atoms. The molecule has 7 nitrogen and oxygen atoms in total. The standard InChI is InChI=1S/C37H39N3O4/c1-6-39(7-2)30-18-20-31(21-19-30)40-34(27-13-16-29(17-14-27)38(4)5)33(36(42)37(40)43)35(41)28-15-22-32(25(3)23-28)44-24-26-11-9-8-10-12-26/h8-23,34,41H,6-7,24H2,1-5H3/b35-33-. The number of aryl methyl sites for hydroxylation is 1. The zero-order valence-electron chi connectivity index (χ0n) is 25.9. The molecule has 1 saturated heterocycles. The number of aliphatic hydroxyl groups excluding tert-OH is 1. The lowest BCUT2D eigenvalue weighted by Crippen LogP contribution is -2.29. The second kappa shape index (κ2) is 13.1. The van der Waals surface area contributed by atoms with Crippen molar-refractivity contribution in [1.82, 2.24) is 0 Å². The van der Waals surface area contributed by atoms with Gasteiger partial charge in [0, 0.05) is 49.8 Å². The smallest absolute Gasteiger partial charge is 0.300 e. The number of benzene rings is 4. The molecule has 1 atom stereocenters.